The molecule has 4 heteroatoms. The molecule has 0 aliphatic rings. The van der Waals surface area contributed by atoms with E-state index in [9.17, 15) is 9.18 Å². The van der Waals surface area contributed by atoms with Gasteiger partial charge in [-0.15, -0.1) is 0 Å². The number of hydrogen-bond donors (Lipinski definition) is 1. The molecule has 0 bridgehead atoms. The van der Waals surface area contributed by atoms with Gasteiger partial charge in [-0.3, -0.25) is 4.79 Å². The second-order valence-corrected chi connectivity index (χ2v) is 4.13. The third kappa shape index (κ3) is 5.59. The van der Waals surface area contributed by atoms with E-state index >= 15 is 0 Å². The normalized spacial score (nSPS) is 10.1. The van der Waals surface area contributed by atoms with Crippen molar-refractivity contribution in [3.05, 3.63) is 47.8 Å². The van der Waals surface area contributed by atoms with Gasteiger partial charge in [0.05, 0.1) is 19.6 Å². The molecule has 0 aromatic heterocycles. The fourth-order valence-corrected chi connectivity index (χ4v) is 1.39. The standard InChI is InChI=1S/C14H18FNO2/c1-11(2)10-18-8-7-16-14(17)9-12-5-3-4-6-13(12)15/h3-6H,1,7-10H2,2H3,(H,16,17). The maximum atomic E-state index is 13.3. The van der Waals surface area contributed by atoms with Crippen LogP contribution in [0.2, 0.25) is 0 Å². The van der Waals surface area contributed by atoms with Crippen LogP contribution in [0.5, 0.6) is 0 Å². The Labute approximate surface area is 107 Å². The maximum Gasteiger partial charge on any atom is 0.224 e. The number of ether oxygens (including phenoxy) is 1. The zero-order valence-electron chi connectivity index (χ0n) is 10.5. The van der Waals surface area contributed by atoms with Gasteiger partial charge in [-0.1, -0.05) is 30.4 Å². The third-order valence-electron chi connectivity index (χ3n) is 2.23. The number of rotatable bonds is 7. The minimum atomic E-state index is -0.355. The van der Waals surface area contributed by atoms with Gasteiger partial charge in [0.2, 0.25) is 5.91 Å². The minimum Gasteiger partial charge on any atom is -0.375 e. The number of halogens is 1. The van der Waals surface area contributed by atoms with Crippen LogP contribution < -0.4 is 5.32 Å². The predicted octanol–water partition coefficient (Wildman–Crippen LogP) is 2.08. The van der Waals surface area contributed by atoms with Crippen molar-refractivity contribution < 1.29 is 13.9 Å². The summed E-state index contributed by atoms with van der Waals surface area (Å²) in [7, 11) is 0. The van der Waals surface area contributed by atoms with E-state index in [0.717, 1.165) is 5.57 Å². The minimum absolute atomic E-state index is 0.0488. The van der Waals surface area contributed by atoms with Crippen LogP contribution in [0.1, 0.15) is 12.5 Å². The Balaban J connectivity index is 2.22. The Morgan fingerprint density at radius 2 is 2.17 bits per heavy atom. The van der Waals surface area contributed by atoms with Crippen LogP contribution in [-0.4, -0.2) is 25.7 Å². The lowest BCUT2D eigenvalue weighted by atomic mass is 10.1. The molecule has 0 unspecified atom stereocenters. The number of benzene rings is 1. The van der Waals surface area contributed by atoms with Crippen LogP contribution in [0.15, 0.2) is 36.4 Å². The highest BCUT2D eigenvalue weighted by molar-refractivity contribution is 5.78. The molecule has 0 atom stereocenters. The highest BCUT2D eigenvalue weighted by atomic mass is 19.1. The molecule has 18 heavy (non-hydrogen) atoms. The van der Waals surface area contributed by atoms with Gasteiger partial charge in [0.15, 0.2) is 0 Å². The highest BCUT2D eigenvalue weighted by Gasteiger charge is 2.06. The average Bonchev–Trinajstić information content (AvgIpc) is 2.31. The molecular formula is C14H18FNO2. The van der Waals surface area contributed by atoms with Crippen molar-refractivity contribution in [2.45, 2.75) is 13.3 Å². The molecular weight excluding hydrogens is 233 g/mol. The van der Waals surface area contributed by atoms with Crippen molar-refractivity contribution in [1.82, 2.24) is 5.32 Å². The monoisotopic (exact) mass is 251 g/mol. The summed E-state index contributed by atoms with van der Waals surface area (Å²) in [4.78, 5) is 11.5. The summed E-state index contributed by atoms with van der Waals surface area (Å²) in [5.74, 6) is -0.565. The van der Waals surface area contributed by atoms with Gasteiger partial charge in [0.1, 0.15) is 5.82 Å². The van der Waals surface area contributed by atoms with Crippen molar-refractivity contribution in [3.8, 4) is 0 Å². The van der Waals surface area contributed by atoms with E-state index in [1.54, 1.807) is 18.2 Å². The Morgan fingerprint density at radius 1 is 1.44 bits per heavy atom. The summed E-state index contributed by atoms with van der Waals surface area (Å²) in [5, 5.41) is 2.67. The molecule has 98 valence electrons. The van der Waals surface area contributed by atoms with Crippen LogP contribution in [0, 0.1) is 5.82 Å². The van der Waals surface area contributed by atoms with E-state index in [-0.39, 0.29) is 18.1 Å². The Bertz CT molecular complexity index is 418. The molecule has 1 amide bonds. The molecule has 3 nitrogen and oxygen atoms in total. The second-order valence-electron chi connectivity index (χ2n) is 4.13. The average molecular weight is 251 g/mol. The first-order valence-corrected chi connectivity index (χ1v) is 5.82. The summed E-state index contributed by atoms with van der Waals surface area (Å²) in [6, 6.07) is 6.26. The molecule has 0 saturated carbocycles. The van der Waals surface area contributed by atoms with E-state index in [2.05, 4.69) is 11.9 Å². The zero-order chi connectivity index (χ0) is 13.4. The zero-order valence-corrected chi connectivity index (χ0v) is 10.5. The van der Waals surface area contributed by atoms with Crippen LogP contribution >= 0.6 is 0 Å². The molecule has 0 radical (unpaired) electrons. The molecule has 1 aromatic carbocycles. The molecule has 0 fully saturated rings. The van der Waals surface area contributed by atoms with Crippen LogP contribution in [0.4, 0.5) is 4.39 Å². The van der Waals surface area contributed by atoms with Crippen molar-refractivity contribution in [1.29, 1.82) is 0 Å². The van der Waals surface area contributed by atoms with Gasteiger partial charge in [-0.05, 0) is 18.6 Å². The fraction of sp³-hybridized carbons (Fsp3) is 0.357. The first-order valence-electron chi connectivity index (χ1n) is 5.82. The van der Waals surface area contributed by atoms with Crippen LogP contribution in [-0.2, 0) is 16.0 Å². The van der Waals surface area contributed by atoms with Crippen molar-refractivity contribution in [3.63, 3.8) is 0 Å². The van der Waals surface area contributed by atoms with Crippen molar-refractivity contribution in [2.24, 2.45) is 0 Å². The summed E-state index contributed by atoms with van der Waals surface area (Å²) < 4.78 is 18.5. The molecule has 1 N–H and O–H groups in total. The molecule has 0 spiro atoms. The maximum absolute atomic E-state index is 13.3. The van der Waals surface area contributed by atoms with E-state index in [1.165, 1.54) is 6.07 Å². The molecule has 0 aliphatic carbocycles. The lowest BCUT2D eigenvalue weighted by Gasteiger charge is -2.07. The Hall–Kier alpha value is -1.68. The smallest absolute Gasteiger partial charge is 0.224 e. The van der Waals surface area contributed by atoms with Gasteiger partial charge < -0.3 is 10.1 Å². The number of amides is 1. The number of hydrogen-bond acceptors (Lipinski definition) is 2. The summed E-state index contributed by atoms with van der Waals surface area (Å²) in [6.07, 6.45) is 0.0488. The first-order chi connectivity index (χ1) is 8.59. The molecule has 1 rings (SSSR count). The first kappa shape index (κ1) is 14.4. The van der Waals surface area contributed by atoms with Crippen molar-refractivity contribution >= 4 is 5.91 Å². The van der Waals surface area contributed by atoms with Gasteiger partial charge in [0.25, 0.3) is 0 Å². The number of carbonyl (C=O) groups is 1. The topological polar surface area (TPSA) is 38.3 Å². The molecule has 1 aromatic rings. The lowest BCUT2D eigenvalue weighted by molar-refractivity contribution is -0.120. The van der Waals surface area contributed by atoms with E-state index < -0.39 is 0 Å². The van der Waals surface area contributed by atoms with E-state index in [4.69, 9.17) is 4.74 Å². The van der Waals surface area contributed by atoms with E-state index in [0.29, 0.717) is 25.3 Å². The van der Waals surface area contributed by atoms with Gasteiger partial charge in [0, 0.05) is 6.54 Å². The van der Waals surface area contributed by atoms with Gasteiger partial charge in [-0.25, -0.2) is 4.39 Å². The van der Waals surface area contributed by atoms with Gasteiger partial charge >= 0.3 is 0 Å². The summed E-state index contributed by atoms with van der Waals surface area (Å²) in [5.41, 5.74) is 1.34. The fourth-order valence-electron chi connectivity index (χ4n) is 1.39. The third-order valence-corrected chi connectivity index (χ3v) is 2.23. The largest absolute Gasteiger partial charge is 0.375 e. The van der Waals surface area contributed by atoms with Crippen LogP contribution in [0.3, 0.4) is 0 Å². The summed E-state index contributed by atoms with van der Waals surface area (Å²) >= 11 is 0. The SMILES string of the molecule is C=C(C)COCCNC(=O)Cc1ccccc1F. The molecule has 0 aliphatic heterocycles. The highest BCUT2D eigenvalue weighted by Crippen LogP contribution is 2.06. The molecule has 0 heterocycles. The Kier molecular flexibility index (Phi) is 6.08. The predicted molar refractivity (Wildman–Crippen MR) is 68.7 cm³/mol. The van der Waals surface area contributed by atoms with Crippen molar-refractivity contribution in [2.75, 3.05) is 19.8 Å². The Morgan fingerprint density at radius 3 is 2.83 bits per heavy atom. The van der Waals surface area contributed by atoms with Crippen LogP contribution in [0.25, 0.3) is 0 Å². The number of nitrogens with one attached hydrogen (secondary N) is 1. The molecule has 0 saturated heterocycles. The number of carbonyl (C=O) groups excluding carboxylic acids is 1. The van der Waals surface area contributed by atoms with Gasteiger partial charge in [-0.2, -0.15) is 0 Å². The summed E-state index contributed by atoms with van der Waals surface area (Å²) in [6.45, 7) is 6.90. The quantitative estimate of drug-likeness (QED) is 0.595. The lowest BCUT2D eigenvalue weighted by Crippen LogP contribution is -2.29. The van der Waals surface area contributed by atoms with E-state index in [1.807, 2.05) is 6.92 Å². The second kappa shape index (κ2) is 7.61.